The summed E-state index contributed by atoms with van der Waals surface area (Å²) in [6.45, 7) is 3.50. The average molecular weight is 210 g/mol. The van der Waals surface area contributed by atoms with Crippen LogP contribution >= 0.6 is 0 Å². The molecule has 15 heavy (non-hydrogen) atoms. The van der Waals surface area contributed by atoms with Crippen LogP contribution in [-0.4, -0.2) is 24.9 Å². The second kappa shape index (κ2) is 4.51. The van der Waals surface area contributed by atoms with Crippen LogP contribution in [0.1, 0.15) is 18.8 Å². The topological polar surface area (TPSA) is 47.9 Å². The predicted molar refractivity (Wildman–Crippen MR) is 53.9 cm³/mol. The molecule has 4 nitrogen and oxygen atoms in total. The molecule has 1 aromatic rings. The lowest BCUT2D eigenvalue weighted by Gasteiger charge is -2.13. The summed E-state index contributed by atoms with van der Waals surface area (Å²) in [5, 5.41) is 9.90. The maximum Gasteiger partial charge on any atom is 0.187 e. The molecule has 1 aliphatic rings. The number of phenolic OH excluding ortho intramolecular Hbond substituents is 1. The van der Waals surface area contributed by atoms with E-state index in [1.165, 1.54) is 0 Å². The molecule has 0 bridgehead atoms. The number of benzene rings is 1. The molecule has 1 N–H and O–H groups in total. The molecule has 1 fully saturated rings. The van der Waals surface area contributed by atoms with Crippen LogP contribution in [0.4, 0.5) is 0 Å². The molecule has 1 heterocycles. The minimum absolute atomic E-state index is 0.103. The van der Waals surface area contributed by atoms with Gasteiger partial charge in [0, 0.05) is 0 Å². The fraction of sp³-hybridized carbons (Fsp3) is 0.455. The van der Waals surface area contributed by atoms with E-state index >= 15 is 0 Å². The van der Waals surface area contributed by atoms with Gasteiger partial charge in [0.2, 0.25) is 0 Å². The molecule has 4 heteroatoms. The molecule has 0 radical (unpaired) electrons. The molecule has 0 atom stereocenters. The monoisotopic (exact) mass is 210 g/mol. The first-order chi connectivity index (χ1) is 7.33. The van der Waals surface area contributed by atoms with Gasteiger partial charge >= 0.3 is 0 Å². The van der Waals surface area contributed by atoms with Crippen molar-refractivity contribution in [2.24, 2.45) is 0 Å². The van der Waals surface area contributed by atoms with Gasteiger partial charge in [0.15, 0.2) is 17.8 Å². The summed E-state index contributed by atoms with van der Waals surface area (Å²) < 4.78 is 15.9. The van der Waals surface area contributed by atoms with Crippen molar-refractivity contribution in [3.8, 4) is 11.5 Å². The summed E-state index contributed by atoms with van der Waals surface area (Å²) in [6, 6.07) is 5.30. The Labute approximate surface area is 88.4 Å². The van der Waals surface area contributed by atoms with Crippen molar-refractivity contribution < 1.29 is 19.3 Å². The Hall–Kier alpha value is -1.26. The Morgan fingerprint density at radius 2 is 2.13 bits per heavy atom. The number of hydrogen-bond acceptors (Lipinski definition) is 4. The Bertz CT molecular complexity index is 331. The number of para-hydroxylation sites is 1. The van der Waals surface area contributed by atoms with Gasteiger partial charge in [0.1, 0.15) is 0 Å². The maximum absolute atomic E-state index is 9.90. The van der Waals surface area contributed by atoms with Gasteiger partial charge in [0.05, 0.1) is 25.4 Å². The standard InChI is InChI=1S/C11H14O4/c1-2-13-9-5-3-4-8(10(9)12)11-14-6-7-15-11/h3-5,11-12H,2,6-7H2,1H3. The molecular formula is C11H14O4. The van der Waals surface area contributed by atoms with Crippen molar-refractivity contribution in [3.05, 3.63) is 23.8 Å². The summed E-state index contributed by atoms with van der Waals surface area (Å²) in [7, 11) is 0. The third kappa shape index (κ3) is 2.06. The zero-order valence-electron chi connectivity index (χ0n) is 8.60. The highest BCUT2D eigenvalue weighted by molar-refractivity contribution is 5.46. The molecule has 82 valence electrons. The highest BCUT2D eigenvalue weighted by Gasteiger charge is 2.23. The van der Waals surface area contributed by atoms with Crippen LogP contribution in [-0.2, 0) is 9.47 Å². The first-order valence-electron chi connectivity index (χ1n) is 5.00. The van der Waals surface area contributed by atoms with Gasteiger partial charge in [-0.05, 0) is 19.1 Å². The molecule has 1 aliphatic heterocycles. The zero-order valence-corrected chi connectivity index (χ0v) is 8.60. The minimum Gasteiger partial charge on any atom is -0.504 e. The highest BCUT2D eigenvalue weighted by atomic mass is 16.7. The molecule has 0 amide bonds. The Balaban J connectivity index is 2.26. The van der Waals surface area contributed by atoms with Crippen LogP contribution in [0.5, 0.6) is 11.5 Å². The van der Waals surface area contributed by atoms with Gasteiger partial charge in [-0.15, -0.1) is 0 Å². The van der Waals surface area contributed by atoms with Gasteiger partial charge in [0.25, 0.3) is 0 Å². The van der Waals surface area contributed by atoms with Crippen molar-refractivity contribution in [1.29, 1.82) is 0 Å². The van der Waals surface area contributed by atoms with Crippen LogP contribution in [0, 0.1) is 0 Å². The highest BCUT2D eigenvalue weighted by Crippen LogP contribution is 2.36. The summed E-state index contributed by atoms with van der Waals surface area (Å²) in [6.07, 6.45) is -0.467. The summed E-state index contributed by atoms with van der Waals surface area (Å²) in [5.74, 6) is 0.570. The van der Waals surface area contributed by atoms with Crippen molar-refractivity contribution in [3.63, 3.8) is 0 Å². The van der Waals surface area contributed by atoms with Crippen LogP contribution < -0.4 is 4.74 Å². The number of ether oxygens (including phenoxy) is 3. The van der Waals surface area contributed by atoms with Gasteiger partial charge in [-0.2, -0.15) is 0 Å². The second-order valence-corrected chi connectivity index (χ2v) is 3.20. The third-order valence-corrected chi connectivity index (χ3v) is 2.21. The van der Waals surface area contributed by atoms with E-state index in [1.807, 2.05) is 13.0 Å². The molecule has 1 saturated heterocycles. The van der Waals surface area contributed by atoms with E-state index in [4.69, 9.17) is 14.2 Å². The molecule has 0 unspecified atom stereocenters. The molecule has 0 spiro atoms. The number of aromatic hydroxyl groups is 1. The Morgan fingerprint density at radius 3 is 2.80 bits per heavy atom. The van der Waals surface area contributed by atoms with E-state index in [1.54, 1.807) is 12.1 Å². The van der Waals surface area contributed by atoms with Gasteiger partial charge in [-0.1, -0.05) is 6.07 Å². The van der Waals surface area contributed by atoms with E-state index in [-0.39, 0.29) is 5.75 Å². The first kappa shape index (κ1) is 10.3. The van der Waals surface area contributed by atoms with Gasteiger partial charge in [-0.3, -0.25) is 0 Å². The van der Waals surface area contributed by atoms with Crippen LogP contribution in [0.15, 0.2) is 18.2 Å². The van der Waals surface area contributed by atoms with Gasteiger partial charge < -0.3 is 19.3 Å². The fourth-order valence-corrected chi connectivity index (χ4v) is 1.54. The van der Waals surface area contributed by atoms with E-state index in [0.29, 0.717) is 31.1 Å². The quantitative estimate of drug-likeness (QED) is 0.826. The summed E-state index contributed by atoms with van der Waals surface area (Å²) in [4.78, 5) is 0. The van der Waals surface area contributed by atoms with Crippen molar-refractivity contribution in [2.75, 3.05) is 19.8 Å². The average Bonchev–Trinajstić information content (AvgIpc) is 2.74. The zero-order chi connectivity index (χ0) is 10.7. The van der Waals surface area contributed by atoms with Crippen molar-refractivity contribution in [1.82, 2.24) is 0 Å². The Kier molecular flexibility index (Phi) is 3.08. The predicted octanol–water partition coefficient (Wildman–Crippen LogP) is 1.84. The SMILES string of the molecule is CCOc1cccc(C2OCCO2)c1O. The van der Waals surface area contributed by atoms with E-state index in [0.717, 1.165) is 0 Å². The number of rotatable bonds is 3. The smallest absolute Gasteiger partial charge is 0.187 e. The van der Waals surface area contributed by atoms with Crippen LogP contribution in [0.25, 0.3) is 0 Å². The lowest BCUT2D eigenvalue weighted by atomic mass is 10.2. The second-order valence-electron chi connectivity index (χ2n) is 3.20. The van der Waals surface area contributed by atoms with Crippen LogP contribution in [0.2, 0.25) is 0 Å². The van der Waals surface area contributed by atoms with Crippen molar-refractivity contribution >= 4 is 0 Å². The molecule has 1 aromatic carbocycles. The number of phenols is 1. The summed E-state index contributed by atoms with van der Waals surface area (Å²) in [5.41, 5.74) is 0.624. The van der Waals surface area contributed by atoms with Crippen LogP contribution in [0.3, 0.4) is 0 Å². The van der Waals surface area contributed by atoms with E-state index < -0.39 is 6.29 Å². The first-order valence-corrected chi connectivity index (χ1v) is 5.00. The van der Waals surface area contributed by atoms with Crippen molar-refractivity contribution in [2.45, 2.75) is 13.2 Å². The number of hydrogen-bond donors (Lipinski definition) is 1. The molecule has 0 aromatic heterocycles. The maximum atomic E-state index is 9.90. The molecule has 0 aliphatic carbocycles. The Morgan fingerprint density at radius 1 is 1.40 bits per heavy atom. The fourth-order valence-electron chi connectivity index (χ4n) is 1.54. The molecule has 2 rings (SSSR count). The summed E-state index contributed by atoms with van der Waals surface area (Å²) >= 11 is 0. The minimum atomic E-state index is -0.467. The van der Waals surface area contributed by atoms with E-state index in [2.05, 4.69) is 0 Å². The lowest BCUT2D eigenvalue weighted by Crippen LogP contribution is -2.00. The lowest BCUT2D eigenvalue weighted by molar-refractivity contribution is -0.0456. The largest absolute Gasteiger partial charge is 0.504 e. The van der Waals surface area contributed by atoms with Gasteiger partial charge in [-0.25, -0.2) is 0 Å². The normalized spacial score (nSPS) is 16.9. The molecule has 0 saturated carbocycles. The molecular weight excluding hydrogens is 196 g/mol. The third-order valence-electron chi connectivity index (χ3n) is 2.21. The van der Waals surface area contributed by atoms with E-state index in [9.17, 15) is 5.11 Å².